The fourth-order valence-electron chi connectivity index (χ4n) is 2.13. The Morgan fingerprint density at radius 1 is 1.22 bits per heavy atom. The molecule has 1 aromatic carbocycles. The predicted molar refractivity (Wildman–Crippen MR) is 71.8 cm³/mol. The molecular weight excluding hydrogens is 294 g/mol. The van der Waals surface area contributed by atoms with Gasteiger partial charge in [-0.2, -0.15) is 0 Å². The van der Waals surface area contributed by atoms with Crippen LogP contribution in [0.4, 0.5) is 0 Å². The van der Waals surface area contributed by atoms with Crippen molar-refractivity contribution in [3.63, 3.8) is 0 Å². The van der Waals surface area contributed by atoms with Gasteiger partial charge >= 0.3 is 0 Å². The maximum Gasteiger partial charge on any atom is 0.157 e. The third kappa shape index (κ3) is 2.13. The van der Waals surface area contributed by atoms with Crippen LogP contribution in [0.25, 0.3) is 0 Å². The van der Waals surface area contributed by atoms with Crippen LogP contribution in [0, 0.1) is 0 Å². The van der Waals surface area contributed by atoms with Gasteiger partial charge in [-0.1, -0.05) is 6.07 Å². The van der Waals surface area contributed by atoms with Crippen molar-refractivity contribution in [2.24, 2.45) is 0 Å². The largest absolute Gasteiger partial charge is 0.479 e. The van der Waals surface area contributed by atoms with E-state index in [4.69, 9.17) is 4.74 Å². The summed E-state index contributed by atoms with van der Waals surface area (Å²) in [6.45, 7) is 0. The Morgan fingerprint density at radius 3 is 2.78 bits per heavy atom. The number of hydrogen-bond acceptors (Lipinski definition) is 3. The number of aliphatic hydroxyl groups excluding tert-OH is 1. The molecule has 1 aromatic heterocycles. The number of ether oxygens (including phenoxy) is 1. The summed E-state index contributed by atoms with van der Waals surface area (Å²) in [5, 5.41) is 10.4. The van der Waals surface area contributed by atoms with Gasteiger partial charge < -0.3 is 9.84 Å². The number of fused-ring (bicyclic) bond motifs is 1. The van der Waals surface area contributed by atoms with E-state index in [1.54, 1.807) is 12.4 Å². The normalized spacial score (nSPS) is 19.1. The van der Waals surface area contributed by atoms with E-state index in [1.807, 2.05) is 30.3 Å². The van der Waals surface area contributed by atoms with Crippen LogP contribution in [0.5, 0.6) is 5.75 Å². The number of aromatic nitrogens is 1. The Bertz CT molecular complexity index is 559. The summed E-state index contributed by atoms with van der Waals surface area (Å²) in [6, 6.07) is 9.45. The van der Waals surface area contributed by atoms with E-state index < -0.39 is 6.10 Å². The van der Waals surface area contributed by atoms with Gasteiger partial charge in [-0.05, 0) is 56.9 Å². The molecule has 0 radical (unpaired) electrons. The molecule has 0 bridgehead atoms. The number of rotatable bonds is 2. The van der Waals surface area contributed by atoms with Crippen LogP contribution in [0.2, 0.25) is 0 Å². The van der Waals surface area contributed by atoms with Gasteiger partial charge in [-0.15, -0.1) is 0 Å². The van der Waals surface area contributed by atoms with E-state index in [2.05, 4.69) is 20.9 Å². The van der Waals surface area contributed by atoms with Crippen LogP contribution in [-0.4, -0.2) is 15.1 Å². The van der Waals surface area contributed by atoms with Gasteiger partial charge in [0.1, 0.15) is 11.9 Å². The molecule has 18 heavy (non-hydrogen) atoms. The van der Waals surface area contributed by atoms with E-state index in [-0.39, 0.29) is 5.01 Å². The van der Waals surface area contributed by atoms with Gasteiger partial charge in [0.05, 0.1) is 0 Å². The van der Waals surface area contributed by atoms with Crippen molar-refractivity contribution in [2.75, 3.05) is 0 Å². The molecule has 92 valence electrons. The Kier molecular flexibility index (Phi) is 3.06. The minimum absolute atomic E-state index is 0.0424. The molecule has 1 N–H and O–H groups in total. The average molecular weight is 306 g/mol. The molecule has 2 unspecified atom stereocenters. The molecule has 0 amide bonds. The molecule has 0 saturated heterocycles. The highest BCUT2D eigenvalue weighted by Gasteiger charge is 2.21. The summed E-state index contributed by atoms with van der Waals surface area (Å²) >= 11 is 3.43. The molecule has 3 rings (SSSR count). The van der Waals surface area contributed by atoms with Crippen molar-refractivity contribution in [3.05, 3.63) is 59.4 Å². The average Bonchev–Trinajstić information content (AvgIpc) is 2.78. The summed E-state index contributed by atoms with van der Waals surface area (Å²) in [7, 11) is 0. The van der Waals surface area contributed by atoms with Gasteiger partial charge in [0.25, 0.3) is 0 Å². The lowest BCUT2D eigenvalue weighted by Gasteiger charge is -2.12. The van der Waals surface area contributed by atoms with Crippen LogP contribution in [0.15, 0.2) is 42.7 Å². The van der Waals surface area contributed by atoms with Crippen LogP contribution in [-0.2, 0) is 6.42 Å². The SMILES string of the molecule is OC(c1ccncc1)c1ccc2c(c1)CC(Br)O2. The molecule has 0 fully saturated rings. The van der Waals surface area contributed by atoms with Crippen LogP contribution < -0.4 is 4.74 Å². The molecule has 1 aliphatic heterocycles. The lowest BCUT2D eigenvalue weighted by Crippen LogP contribution is -2.00. The molecule has 2 aromatic rings. The molecule has 1 aliphatic rings. The number of alkyl halides is 1. The standard InChI is InChI=1S/C14H12BrNO2/c15-13-8-11-7-10(1-2-12(11)18-13)14(17)9-3-5-16-6-4-9/h1-7,13-14,17H,8H2. The van der Waals surface area contributed by atoms with Crippen molar-refractivity contribution < 1.29 is 9.84 Å². The van der Waals surface area contributed by atoms with Gasteiger partial charge in [-0.25, -0.2) is 0 Å². The number of nitrogens with zero attached hydrogens (tertiary/aromatic N) is 1. The second kappa shape index (κ2) is 4.71. The first kappa shape index (κ1) is 11.7. The smallest absolute Gasteiger partial charge is 0.157 e. The van der Waals surface area contributed by atoms with Crippen LogP contribution in [0.3, 0.4) is 0 Å². The molecule has 0 spiro atoms. The summed E-state index contributed by atoms with van der Waals surface area (Å²) in [4.78, 5) is 3.95. The molecule has 0 aliphatic carbocycles. The summed E-state index contributed by atoms with van der Waals surface area (Å²) in [5.74, 6) is 0.891. The highest BCUT2D eigenvalue weighted by atomic mass is 79.9. The first-order chi connectivity index (χ1) is 8.74. The highest BCUT2D eigenvalue weighted by Crippen LogP contribution is 2.34. The Morgan fingerprint density at radius 2 is 2.00 bits per heavy atom. The topological polar surface area (TPSA) is 42.4 Å². The van der Waals surface area contributed by atoms with E-state index in [1.165, 1.54) is 0 Å². The zero-order valence-corrected chi connectivity index (χ0v) is 11.2. The fourth-order valence-corrected chi connectivity index (χ4v) is 2.68. The first-order valence-corrected chi connectivity index (χ1v) is 6.67. The van der Waals surface area contributed by atoms with E-state index in [9.17, 15) is 5.11 Å². The summed E-state index contributed by atoms with van der Waals surface area (Å²) in [6.07, 6.45) is 3.58. The Hall–Kier alpha value is -1.39. The second-order valence-electron chi connectivity index (χ2n) is 4.28. The molecular formula is C14H12BrNO2. The molecule has 3 nitrogen and oxygen atoms in total. The van der Waals surface area contributed by atoms with Crippen molar-refractivity contribution in [1.29, 1.82) is 0 Å². The zero-order valence-electron chi connectivity index (χ0n) is 9.58. The van der Waals surface area contributed by atoms with Gasteiger partial charge in [0.15, 0.2) is 5.01 Å². The Labute approximate surface area is 114 Å². The van der Waals surface area contributed by atoms with Crippen molar-refractivity contribution in [2.45, 2.75) is 17.5 Å². The lowest BCUT2D eigenvalue weighted by atomic mass is 10.00. The van der Waals surface area contributed by atoms with Crippen molar-refractivity contribution in [1.82, 2.24) is 4.98 Å². The number of hydrogen-bond donors (Lipinski definition) is 1. The third-order valence-electron chi connectivity index (χ3n) is 3.06. The minimum atomic E-state index is -0.618. The molecule has 2 atom stereocenters. The quantitative estimate of drug-likeness (QED) is 0.868. The first-order valence-electron chi connectivity index (χ1n) is 5.75. The van der Waals surface area contributed by atoms with E-state index in [0.29, 0.717) is 0 Å². The molecule has 4 heteroatoms. The number of aliphatic hydroxyl groups is 1. The van der Waals surface area contributed by atoms with Crippen LogP contribution in [0.1, 0.15) is 22.8 Å². The number of pyridine rings is 1. The number of halogens is 1. The zero-order chi connectivity index (χ0) is 12.5. The van der Waals surface area contributed by atoms with Crippen molar-refractivity contribution in [3.8, 4) is 5.75 Å². The van der Waals surface area contributed by atoms with Gasteiger partial charge in [0.2, 0.25) is 0 Å². The number of benzene rings is 1. The third-order valence-corrected chi connectivity index (χ3v) is 3.57. The van der Waals surface area contributed by atoms with Crippen molar-refractivity contribution >= 4 is 15.9 Å². The van der Waals surface area contributed by atoms with Gasteiger partial charge in [0, 0.05) is 18.8 Å². The highest BCUT2D eigenvalue weighted by molar-refractivity contribution is 9.09. The van der Waals surface area contributed by atoms with Gasteiger partial charge in [-0.3, -0.25) is 4.98 Å². The molecule has 0 saturated carbocycles. The maximum absolute atomic E-state index is 10.3. The summed E-state index contributed by atoms with van der Waals surface area (Å²) in [5.41, 5.74) is 2.85. The minimum Gasteiger partial charge on any atom is -0.479 e. The lowest BCUT2D eigenvalue weighted by molar-refractivity contribution is 0.220. The Balaban J connectivity index is 1.92. The van der Waals surface area contributed by atoms with E-state index >= 15 is 0 Å². The van der Waals surface area contributed by atoms with E-state index in [0.717, 1.165) is 28.9 Å². The van der Waals surface area contributed by atoms with Crippen LogP contribution >= 0.6 is 15.9 Å². The second-order valence-corrected chi connectivity index (χ2v) is 5.30. The molecule has 2 heterocycles. The fraction of sp³-hybridized carbons (Fsp3) is 0.214. The monoisotopic (exact) mass is 305 g/mol. The summed E-state index contributed by atoms with van der Waals surface area (Å²) < 4.78 is 5.57. The maximum atomic E-state index is 10.3. The predicted octanol–water partition coefficient (Wildman–Crippen LogP) is 2.82.